The van der Waals surface area contributed by atoms with E-state index in [-0.39, 0.29) is 5.60 Å². The van der Waals surface area contributed by atoms with E-state index in [2.05, 4.69) is 25.7 Å². The minimum absolute atomic E-state index is 0.148. The van der Waals surface area contributed by atoms with Gasteiger partial charge in [-0.15, -0.1) is 5.92 Å². The zero-order valence-electron chi connectivity index (χ0n) is 12.3. The molecule has 18 heavy (non-hydrogen) atoms. The predicted octanol–water partition coefficient (Wildman–Crippen LogP) is 3.79. The van der Waals surface area contributed by atoms with Crippen molar-refractivity contribution in [2.45, 2.75) is 64.9 Å². The van der Waals surface area contributed by atoms with Gasteiger partial charge >= 0.3 is 0 Å². The van der Waals surface area contributed by atoms with Crippen LogP contribution in [-0.2, 0) is 9.47 Å². The van der Waals surface area contributed by atoms with Gasteiger partial charge in [0.15, 0.2) is 0 Å². The molecule has 1 saturated carbocycles. The van der Waals surface area contributed by atoms with Crippen molar-refractivity contribution in [2.24, 2.45) is 5.92 Å². The van der Waals surface area contributed by atoms with Gasteiger partial charge < -0.3 is 9.47 Å². The third kappa shape index (κ3) is 5.89. The lowest BCUT2D eigenvalue weighted by Gasteiger charge is -2.32. The van der Waals surface area contributed by atoms with Crippen molar-refractivity contribution in [1.29, 1.82) is 0 Å². The first-order chi connectivity index (χ1) is 8.68. The van der Waals surface area contributed by atoms with Crippen molar-refractivity contribution in [3.63, 3.8) is 0 Å². The summed E-state index contributed by atoms with van der Waals surface area (Å²) in [6.45, 7) is 8.67. The highest BCUT2D eigenvalue weighted by Crippen LogP contribution is 2.31. The maximum Gasteiger partial charge on any atom is 0.128 e. The third-order valence-corrected chi connectivity index (χ3v) is 3.28. The molecule has 0 N–H and O–H groups in total. The van der Waals surface area contributed by atoms with Gasteiger partial charge in [-0.05, 0) is 44.9 Å². The Morgan fingerprint density at radius 1 is 1.11 bits per heavy atom. The molecule has 104 valence electrons. The highest BCUT2D eigenvalue weighted by Gasteiger charge is 2.30. The number of rotatable bonds is 7. The summed E-state index contributed by atoms with van der Waals surface area (Å²) in [6, 6.07) is 0. The van der Waals surface area contributed by atoms with Crippen LogP contribution in [0.1, 0.15) is 59.3 Å². The molecule has 0 unspecified atom stereocenters. The van der Waals surface area contributed by atoms with Crippen molar-refractivity contribution in [3.8, 4) is 11.8 Å². The van der Waals surface area contributed by atoms with Gasteiger partial charge in [0.2, 0.25) is 0 Å². The zero-order valence-corrected chi connectivity index (χ0v) is 12.3. The van der Waals surface area contributed by atoms with E-state index in [1.54, 1.807) is 0 Å². The molecular formula is C16H28O2. The van der Waals surface area contributed by atoms with Gasteiger partial charge in [0.25, 0.3) is 0 Å². The summed E-state index contributed by atoms with van der Waals surface area (Å²) in [6.07, 6.45) is 6.99. The van der Waals surface area contributed by atoms with Crippen LogP contribution in [-0.4, -0.2) is 25.4 Å². The van der Waals surface area contributed by atoms with Gasteiger partial charge in [-0.2, -0.15) is 0 Å². The van der Waals surface area contributed by atoms with Gasteiger partial charge in [0.05, 0.1) is 6.61 Å². The first-order valence-corrected chi connectivity index (χ1v) is 7.34. The smallest absolute Gasteiger partial charge is 0.128 e. The van der Waals surface area contributed by atoms with E-state index >= 15 is 0 Å². The quantitative estimate of drug-likeness (QED) is 0.507. The average molecular weight is 252 g/mol. The standard InChI is InChI=1S/C16H28O2/c1-4-9-16(10-6-5-7-11-16)18-13-8-12-17-14-15(2)3/h15H,5-8,10-14H2,1-3H3. The normalized spacial score (nSPS) is 18.4. The molecule has 1 rings (SSSR count). The summed E-state index contributed by atoms with van der Waals surface area (Å²) in [4.78, 5) is 0. The summed E-state index contributed by atoms with van der Waals surface area (Å²) in [5.74, 6) is 6.95. The molecule has 0 heterocycles. The van der Waals surface area contributed by atoms with Crippen LogP contribution >= 0.6 is 0 Å². The van der Waals surface area contributed by atoms with E-state index in [0.29, 0.717) is 5.92 Å². The highest BCUT2D eigenvalue weighted by atomic mass is 16.5. The van der Waals surface area contributed by atoms with E-state index in [9.17, 15) is 0 Å². The largest absolute Gasteiger partial charge is 0.381 e. The van der Waals surface area contributed by atoms with Crippen LogP contribution < -0.4 is 0 Å². The maximum absolute atomic E-state index is 6.06. The monoisotopic (exact) mass is 252 g/mol. The molecular weight excluding hydrogens is 224 g/mol. The van der Waals surface area contributed by atoms with Crippen LogP contribution in [0.15, 0.2) is 0 Å². The van der Waals surface area contributed by atoms with Crippen molar-refractivity contribution in [3.05, 3.63) is 0 Å². The van der Waals surface area contributed by atoms with Gasteiger partial charge in [-0.25, -0.2) is 0 Å². The van der Waals surface area contributed by atoms with E-state index in [4.69, 9.17) is 9.47 Å². The van der Waals surface area contributed by atoms with E-state index < -0.39 is 0 Å². The molecule has 0 spiro atoms. The second-order valence-electron chi connectivity index (χ2n) is 5.60. The third-order valence-electron chi connectivity index (χ3n) is 3.28. The van der Waals surface area contributed by atoms with Crippen LogP contribution in [0, 0.1) is 17.8 Å². The van der Waals surface area contributed by atoms with Gasteiger partial charge in [0.1, 0.15) is 5.60 Å². The number of ether oxygens (including phenoxy) is 2. The lowest BCUT2D eigenvalue weighted by molar-refractivity contribution is -0.0351. The number of hydrogen-bond acceptors (Lipinski definition) is 2. The minimum Gasteiger partial charge on any atom is -0.381 e. The Hall–Kier alpha value is -0.520. The van der Waals surface area contributed by atoms with Crippen LogP contribution in [0.4, 0.5) is 0 Å². The van der Waals surface area contributed by atoms with Crippen LogP contribution in [0.3, 0.4) is 0 Å². The summed E-state index contributed by atoms with van der Waals surface area (Å²) in [5.41, 5.74) is -0.148. The zero-order chi connectivity index (χ0) is 13.3. The fourth-order valence-electron chi connectivity index (χ4n) is 2.40. The van der Waals surface area contributed by atoms with Crippen molar-refractivity contribution < 1.29 is 9.47 Å². The summed E-state index contributed by atoms with van der Waals surface area (Å²) >= 11 is 0. The molecule has 0 aliphatic heterocycles. The topological polar surface area (TPSA) is 18.5 Å². The average Bonchev–Trinajstić information content (AvgIpc) is 2.35. The van der Waals surface area contributed by atoms with E-state index in [1.807, 2.05) is 6.92 Å². The molecule has 0 aromatic rings. The predicted molar refractivity (Wildman–Crippen MR) is 75.5 cm³/mol. The van der Waals surface area contributed by atoms with Crippen LogP contribution in [0.5, 0.6) is 0 Å². The number of hydrogen-bond donors (Lipinski definition) is 0. The van der Waals surface area contributed by atoms with Crippen molar-refractivity contribution >= 4 is 0 Å². The Labute approximate surface area is 112 Å². The molecule has 0 aromatic heterocycles. The lowest BCUT2D eigenvalue weighted by atomic mass is 9.85. The van der Waals surface area contributed by atoms with Gasteiger partial charge in [-0.1, -0.05) is 26.2 Å². The first kappa shape index (κ1) is 15.5. The Kier molecular flexibility index (Phi) is 7.39. The molecule has 2 nitrogen and oxygen atoms in total. The molecule has 1 aliphatic carbocycles. The summed E-state index contributed by atoms with van der Waals surface area (Å²) < 4.78 is 11.6. The van der Waals surface area contributed by atoms with E-state index in [0.717, 1.165) is 39.1 Å². The summed E-state index contributed by atoms with van der Waals surface area (Å²) in [5, 5.41) is 0. The van der Waals surface area contributed by atoms with Gasteiger partial charge in [0, 0.05) is 13.2 Å². The molecule has 1 aliphatic rings. The SMILES string of the molecule is CC#CC1(OCCCOCC(C)C)CCCCC1. The molecule has 0 saturated heterocycles. The second-order valence-corrected chi connectivity index (χ2v) is 5.60. The van der Waals surface area contributed by atoms with Crippen molar-refractivity contribution in [1.82, 2.24) is 0 Å². The Morgan fingerprint density at radius 3 is 2.44 bits per heavy atom. The summed E-state index contributed by atoms with van der Waals surface area (Å²) in [7, 11) is 0. The van der Waals surface area contributed by atoms with Crippen LogP contribution in [0.25, 0.3) is 0 Å². The second kappa shape index (κ2) is 8.56. The fraction of sp³-hybridized carbons (Fsp3) is 0.875. The highest BCUT2D eigenvalue weighted by molar-refractivity contribution is 5.14. The molecule has 0 amide bonds. The Bertz CT molecular complexity index is 267. The van der Waals surface area contributed by atoms with E-state index in [1.165, 1.54) is 19.3 Å². The first-order valence-electron chi connectivity index (χ1n) is 7.34. The molecule has 0 aromatic carbocycles. The molecule has 0 radical (unpaired) electrons. The molecule has 0 bridgehead atoms. The Balaban J connectivity index is 2.19. The minimum atomic E-state index is -0.148. The van der Waals surface area contributed by atoms with Crippen LogP contribution in [0.2, 0.25) is 0 Å². The fourth-order valence-corrected chi connectivity index (χ4v) is 2.40. The molecule has 0 atom stereocenters. The lowest BCUT2D eigenvalue weighted by Crippen LogP contribution is -2.34. The molecule has 1 fully saturated rings. The van der Waals surface area contributed by atoms with Gasteiger partial charge in [-0.3, -0.25) is 0 Å². The maximum atomic E-state index is 6.06. The molecule has 2 heteroatoms. The van der Waals surface area contributed by atoms with Crippen molar-refractivity contribution in [2.75, 3.05) is 19.8 Å². The Morgan fingerprint density at radius 2 is 1.83 bits per heavy atom.